The number of carbonyl (C=O) groups excluding carboxylic acids is 1. The second kappa shape index (κ2) is 9.00. The Morgan fingerprint density at radius 1 is 1.16 bits per heavy atom. The number of nitrogens with one attached hydrogen (secondary N) is 1. The second-order valence-corrected chi connectivity index (χ2v) is 7.49. The molecule has 0 saturated heterocycles. The van der Waals surface area contributed by atoms with Crippen LogP contribution in [0.4, 0.5) is 4.39 Å². The lowest BCUT2D eigenvalue weighted by Gasteiger charge is -2.07. The Labute approximate surface area is 180 Å². The maximum atomic E-state index is 13.5. The van der Waals surface area contributed by atoms with Crippen molar-refractivity contribution in [2.75, 3.05) is 12.9 Å². The van der Waals surface area contributed by atoms with Crippen LogP contribution in [0.1, 0.15) is 5.56 Å². The molecule has 0 fully saturated rings. The number of halogens is 1. The van der Waals surface area contributed by atoms with E-state index in [4.69, 9.17) is 4.74 Å². The van der Waals surface area contributed by atoms with Gasteiger partial charge in [-0.05, 0) is 35.9 Å². The van der Waals surface area contributed by atoms with E-state index in [9.17, 15) is 14.0 Å². The van der Waals surface area contributed by atoms with Crippen LogP contribution in [0, 0.1) is 5.82 Å². The molecule has 4 rings (SSSR count). The fourth-order valence-corrected chi connectivity index (χ4v) is 3.71. The summed E-state index contributed by atoms with van der Waals surface area (Å²) in [5, 5.41) is 11.2. The molecule has 0 saturated carbocycles. The molecule has 158 valence electrons. The number of carbonyl (C=O) groups is 1. The van der Waals surface area contributed by atoms with Crippen molar-refractivity contribution in [3.05, 3.63) is 82.7 Å². The van der Waals surface area contributed by atoms with Crippen LogP contribution >= 0.6 is 11.8 Å². The van der Waals surface area contributed by atoms with E-state index in [1.807, 2.05) is 24.3 Å². The molecule has 0 aliphatic heterocycles. The largest absolute Gasteiger partial charge is 0.497 e. The van der Waals surface area contributed by atoms with Crippen molar-refractivity contribution in [3.63, 3.8) is 0 Å². The average Bonchev–Trinajstić information content (AvgIpc) is 3.20. The minimum Gasteiger partial charge on any atom is -0.497 e. The molecule has 10 heteroatoms. The average molecular weight is 439 g/mol. The lowest BCUT2D eigenvalue weighted by molar-refractivity contribution is -0.118. The standard InChI is InChI=1S/C21H18FN5O3S/c1-30-17-7-2-4-14(10-17)12-23-18(28)13-31-21-25-24-19-20(29)26(8-9-27(19)21)16-6-3-5-15(22)11-16/h2-11H,12-13H2,1H3,(H,23,28). The van der Waals surface area contributed by atoms with Crippen molar-refractivity contribution in [2.45, 2.75) is 11.7 Å². The first-order valence-corrected chi connectivity index (χ1v) is 10.3. The number of amides is 1. The van der Waals surface area contributed by atoms with Crippen molar-refractivity contribution < 1.29 is 13.9 Å². The number of benzene rings is 2. The number of ether oxygens (including phenoxy) is 1. The first kappa shape index (κ1) is 20.6. The van der Waals surface area contributed by atoms with E-state index in [2.05, 4.69) is 15.5 Å². The summed E-state index contributed by atoms with van der Waals surface area (Å²) >= 11 is 1.16. The Morgan fingerprint density at radius 3 is 2.81 bits per heavy atom. The van der Waals surface area contributed by atoms with E-state index in [0.717, 1.165) is 23.1 Å². The summed E-state index contributed by atoms with van der Waals surface area (Å²) in [5.74, 6) is 0.206. The molecule has 0 atom stereocenters. The molecular formula is C21H18FN5O3S. The van der Waals surface area contributed by atoms with Crippen LogP contribution in [0.2, 0.25) is 0 Å². The van der Waals surface area contributed by atoms with E-state index in [-0.39, 0.29) is 17.3 Å². The van der Waals surface area contributed by atoms with Crippen LogP contribution < -0.4 is 15.6 Å². The quantitative estimate of drug-likeness (QED) is 0.445. The Kier molecular flexibility index (Phi) is 5.99. The minimum absolute atomic E-state index is 0.0889. The molecule has 0 radical (unpaired) electrons. The summed E-state index contributed by atoms with van der Waals surface area (Å²) in [6, 6.07) is 13.1. The number of nitrogens with zero attached hydrogens (tertiary/aromatic N) is 4. The summed E-state index contributed by atoms with van der Waals surface area (Å²) in [5.41, 5.74) is 0.964. The van der Waals surface area contributed by atoms with Gasteiger partial charge in [-0.15, -0.1) is 10.2 Å². The minimum atomic E-state index is -0.443. The van der Waals surface area contributed by atoms with Gasteiger partial charge in [0.25, 0.3) is 0 Å². The van der Waals surface area contributed by atoms with Crippen LogP contribution in [-0.2, 0) is 11.3 Å². The first-order valence-electron chi connectivity index (χ1n) is 9.30. The molecule has 0 unspecified atom stereocenters. The first-order chi connectivity index (χ1) is 15.0. The van der Waals surface area contributed by atoms with Crippen molar-refractivity contribution in [3.8, 4) is 11.4 Å². The number of thioether (sulfide) groups is 1. The highest BCUT2D eigenvalue weighted by Gasteiger charge is 2.14. The highest BCUT2D eigenvalue weighted by atomic mass is 32.2. The molecule has 0 aliphatic carbocycles. The van der Waals surface area contributed by atoms with E-state index >= 15 is 0 Å². The molecule has 4 aromatic rings. The van der Waals surface area contributed by atoms with Gasteiger partial charge in [0.15, 0.2) is 5.16 Å². The fourth-order valence-electron chi connectivity index (χ4n) is 2.96. The molecule has 2 aromatic carbocycles. The predicted molar refractivity (Wildman–Crippen MR) is 114 cm³/mol. The third-order valence-electron chi connectivity index (χ3n) is 4.48. The topological polar surface area (TPSA) is 90.5 Å². The predicted octanol–water partition coefficient (Wildman–Crippen LogP) is 2.44. The molecule has 8 nitrogen and oxygen atoms in total. The number of fused-ring (bicyclic) bond motifs is 1. The molecule has 0 spiro atoms. The summed E-state index contributed by atoms with van der Waals surface area (Å²) < 4.78 is 21.5. The molecule has 1 N–H and O–H groups in total. The summed E-state index contributed by atoms with van der Waals surface area (Å²) in [6.45, 7) is 0.371. The maximum Gasteiger partial charge on any atom is 0.300 e. The number of methoxy groups -OCH3 is 1. The SMILES string of the molecule is COc1cccc(CNC(=O)CSc2nnc3c(=O)n(-c4cccc(F)c4)ccn23)c1. The van der Waals surface area contributed by atoms with Gasteiger partial charge < -0.3 is 10.1 Å². The van der Waals surface area contributed by atoms with Gasteiger partial charge in [0.05, 0.1) is 18.6 Å². The van der Waals surface area contributed by atoms with Gasteiger partial charge in [-0.3, -0.25) is 18.6 Å². The van der Waals surface area contributed by atoms with Crippen LogP contribution in [0.3, 0.4) is 0 Å². The molecule has 2 aromatic heterocycles. The van der Waals surface area contributed by atoms with E-state index < -0.39 is 11.4 Å². The van der Waals surface area contributed by atoms with E-state index in [1.165, 1.54) is 33.4 Å². The van der Waals surface area contributed by atoms with E-state index in [1.54, 1.807) is 19.4 Å². The smallest absolute Gasteiger partial charge is 0.300 e. The lowest BCUT2D eigenvalue weighted by atomic mass is 10.2. The van der Waals surface area contributed by atoms with Crippen LogP contribution in [-0.4, -0.2) is 37.9 Å². The number of hydrogen-bond donors (Lipinski definition) is 1. The van der Waals surface area contributed by atoms with Gasteiger partial charge in [-0.2, -0.15) is 0 Å². The van der Waals surface area contributed by atoms with Crippen molar-refractivity contribution in [2.24, 2.45) is 0 Å². The summed E-state index contributed by atoms with van der Waals surface area (Å²) in [4.78, 5) is 24.9. The molecule has 2 heterocycles. The molecule has 31 heavy (non-hydrogen) atoms. The highest BCUT2D eigenvalue weighted by molar-refractivity contribution is 7.99. The Bertz CT molecular complexity index is 1300. The third kappa shape index (κ3) is 4.58. The molecule has 0 aliphatic rings. The number of hydrogen-bond acceptors (Lipinski definition) is 6. The molecular weight excluding hydrogens is 421 g/mol. The summed E-state index contributed by atoms with van der Waals surface area (Å²) in [6.07, 6.45) is 3.12. The van der Waals surface area contributed by atoms with Gasteiger partial charge in [0.2, 0.25) is 11.6 Å². The zero-order chi connectivity index (χ0) is 21.8. The Hall–Kier alpha value is -3.66. The number of rotatable bonds is 7. The maximum absolute atomic E-state index is 13.5. The van der Waals surface area contributed by atoms with Gasteiger partial charge in [0.1, 0.15) is 11.6 Å². The summed E-state index contributed by atoms with van der Waals surface area (Å²) in [7, 11) is 1.59. The Balaban J connectivity index is 1.44. The van der Waals surface area contributed by atoms with Crippen molar-refractivity contribution in [1.29, 1.82) is 0 Å². The van der Waals surface area contributed by atoms with Crippen LogP contribution in [0.15, 0.2) is 70.9 Å². The molecule has 0 bridgehead atoms. The number of aromatic nitrogens is 4. The van der Waals surface area contributed by atoms with Gasteiger partial charge in [0, 0.05) is 18.9 Å². The van der Waals surface area contributed by atoms with Crippen molar-refractivity contribution in [1.82, 2.24) is 24.5 Å². The Morgan fingerprint density at radius 2 is 2.00 bits per heavy atom. The van der Waals surface area contributed by atoms with Crippen LogP contribution in [0.25, 0.3) is 11.3 Å². The van der Waals surface area contributed by atoms with Crippen molar-refractivity contribution >= 4 is 23.3 Å². The second-order valence-electron chi connectivity index (χ2n) is 6.55. The fraction of sp³-hybridized carbons (Fsp3) is 0.143. The van der Waals surface area contributed by atoms with Gasteiger partial charge in [-0.25, -0.2) is 4.39 Å². The van der Waals surface area contributed by atoms with E-state index in [0.29, 0.717) is 17.4 Å². The zero-order valence-electron chi connectivity index (χ0n) is 16.5. The third-order valence-corrected chi connectivity index (χ3v) is 5.43. The zero-order valence-corrected chi connectivity index (χ0v) is 17.3. The van der Waals surface area contributed by atoms with Gasteiger partial charge in [-0.1, -0.05) is 30.0 Å². The lowest BCUT2D eigenvalue weighted by Crippen LogP contribution is -2.24. The van der Waals surface area contributed by atoms with Gasteiger partial charge >= 0.3 is 5.56 Å². The molecule has 1 amide bonds. The normalized spacial score (nSPS) is 10.9. The monoisotopic (exact) mass is 439 g/mol. The van der Waals surface area contributed by atoms with Crippen LogP contribution in [0.5, 0.6) is 5.75 Å². The highest BCUT2D eigenvalue weighted by Crippen LogP contribution is 2.16.